The first-order valence-electron chi connectivity index (χ1n) is 17.6. The monoisotopic (exact) mass is 670 g/mol. The molecule has 0 radical (unpaired) electrons. The maximum Gasteiger partial charge on any atom is 0.339 e. The summed E-state index contributed by atoms with van der Waals surface area (Å²) < 4.78 is 33.2. The van der Waals surface area contributed by atoms with Crippen molar-refractivity contribution >= 4 is 11.9 Å². The molecule has 0 saturated carbocycles. The minimum Gasteiger partial charge on any atom is -0.493 e. The van der Waals surface area contributed by atoms with Crippen molar-refractivity contribution in [3.8, 4) is 11.5 Å². The fourth-order valence-electron chi connectivity index (χ4n) is 5.37. The van der Waals surface area contributed by atoms with Crippen LogP contribution in [0.4, 0.5) is 0 Å². The minimum atomic E-state index is -1.18. The number of benzene rings is 1. The Balaban J connectivity index is 1.21. The molecule has 2 aromatic heterocycles. The normalized spacial score (nSPS) is 11.2. The van der Waals surface area contributed by atoms with Crippen molar-refractivity contribution in [2.24, 2.45) is 0 Å². The van der Waals surface area contributed by atoms with Gasteiger partial charge < -0.3 is 38.0 Å². The number of furan rings is 2. The number of carbonyl (C=O) groups is 2. The number of hydrogen-bond acceptors (Lipinski definition) is 8. The first-order valence-corrected chi connectivity index (χ1v) is 17.6. The number of aromatic carboxylic acids is 2. The molecule has 10 heteroatoms. The van der Waals surface area contributed by atoms with Crippen LogP contribution in [-0.4, -0.2) is 48.6 Å². The number of carboxylic acid groups (broad SMARTS) is 2. The molecule has 48 heavy (non-hydrogen) atoms. The van der Waals surface area contributed by atoms with Crippen molar-refractivity contribution < 1.29 is 47.6 Å². The summed E-state index contributed by atoms with van der Waals surface area (Å²) in [5.41, 5.74) is -0.177. The molecule has 0 bridgehead atoms. The Hall–Kier alpha value is -3.76. The van der Waals surface area contributed by atoms with Crippen LogP contribution in [0.25, 0.3) is 0 Å². The average Bonchev–Trinajstić information content (AvgIpc) is 3.80. The molecule has 2 heterocycles. The molecule has 0 atom stereocenters. The molecule has 3 rings (SSSR count). The molecule has 0 amide bonds. The van der Waals surface area contributed by atoms with Crippen LogP contribution in [-0.2, 0) is 22.7 Å². The Morgan fingerprint density at radius 2 is 0.833 bits per heavy atom. The second kappa shape index (κ2) is 24.4. The van der Waals surface area contributed by atoms with Gasteiger partial charge >= 0.3 is 11.9 Å². The summed E-state index contributed by atoms with van der Waals surface area (Å²) >= 11 is 0. The number of rotatable bonds is 30. The lowest BCUT2D eigenvalue weighted by Gasteiger charge is -2.14. The van der Waals surface area contributed by atoms with Crippen LogP contribution in [0.2, 0.25) is 0 Å². The Morgan fingerprint density at radius 3 is 1.15 bits per heavy atom. The molecule has 2 N–H and O–H groups in total. The molecule has 0 aliphatic carbocycles. The Labute approximate surface area is 284 Å². The van der Waals surface area contributed by atoms with Gasteiger partial charge in [0.05, 0.1) is 25.7 Å². The summed E-state index contributed by atoms with van der Waals surface area (Å²) in [6.07, 6.45) is 20.2. The highest BCUT2D eigenvalue weighted by atomic mass is 16.5. The predicted octanol–water partition coefficient (Wildman–Crippen LogP) is 9.70. The van der Waals surface area contributed by atoms with E-state index in [2.05, 4.69) is 0 Å². The van der Waals surface area contributed by atoms with E-state index in [1.165, 1.54) is 25.0 Å². The summed E-state index contributed by atoms with van der Waals surface area (Å²) in [7, 11) is 0. The lowest BCUT2D eigenvalue weighted by Crippen LogP contribution is -2.10. The average molecular weight is 671 g/mol. The second-order valence-corrected chi connectivity index (χ2v) is 12.1. The van der Waals surface area contributed by atoms with Gasteiger partial charge in [-0.25, -0.2) is 9.59 Å². The predicted molar refractivity (Wildman–Crippen MR) is 182 cm³/mol. The zero-order valence-corrected chi connectivity index (χ0v) is 28.3. The van der Waals surface area contributed by atoms with Crippen molar-refractivity contribution in [2.45, 2.75) is 116 Å². The molecule has 0 fully saturated rings. The third-order valence-corrected chi connectivity index (χ3v) is 8.07. The van der Waals surface area contributed by atoms with Gasteiger partial charge in [-0.05, 0) is 62.1 Å². The van der Waals surface area contributed by atoms with Crippen molar-refractivity contribution in [1.29, 1.82) is 0 Å². The van der Waals surface area contributed by atoms with Gasteiger partial charge in [0.1, 0.15) is 47.4 Å². The van der Waals surface area contributed by atoms with Crippen molar-refractivity contribution in [1.82, 2.24) is 0 Å². The standard InChI is InChI=1S/C38H54O10/c39-37(40)33-28-36(48-24-16-12-8-4-2-6-10-14-22-44-30-32-20-18-26-46-32)34(38(41)42)27-35(33)47-23-15-11-7-3-1-5-9-13-21-43-29-31-19-17-25-45-31/h17-20,25-28H,1-16,21-24,29-30H2,(H,39,40)(H,41,42). The number of hydrogen-bond donors (Lipinski definition) is 2. The van der Waals surface area contributed by atoms with Gasteiger partial charge in [0.15, 0.2) is 0 Å². The van der Waals surface area contributed by atoms with Crippen molar-refractivity contribution in [2.75, 3.05) is 26.4 Å². The molecule has 1 aromatic carbocycles. The van der Waals surface area contributed by atoms with Crippen LogP contribution in [0.1, 0.15) is 135 Å². The van der Waals surface area contributed by atoms with Gasteiger partial charge in [0, 0.05) is 13.2 Å². The topological polar surface area (TPSA) is 138 Å². The van der Waals surface area contributed by atoms with Crippen LogP contribution in [0.15, 0.2) is 57.8 Å². The molecule has 0 saturated heterocycles. The van der Waals surface area contributed by atoms with Crippen molar-refractivity contribution in [3.63, 3.8) is 0 Å². The van der Waals surface area contributed by atoms with Crippen LogP contribution in [0.5, 0.6) is 11.5 Å². The second-order valence-electron chi connectivity index (χ2n) is 12.1. The van der Waals surface area contributed by atoms with E-state index in [9.17, 15) is 19.8 Å². The molecule has 266 valence electrons. The molecular weight excluding hydrogens is 616 g/mol. The number of carboxylic acids is 2. The van der Waals surface area contributed by atoms with Crippen LogP contribution in [0.3, 0.4) is 0 Å². The van der Waals surface area contributed by atoms with E-state index < -0.39 is 11.9 Å². The molecular formula is C38H54O10. The summed E-state index contributed by atoms with van der Waals surface area (Å²) in [5, 5.41) is 19.5. The number of ether oxygens (including phenoxy) is 4. The molecule has 10 nitrogen and oxygen atoms in total. The maximum atomic E-state index is 11.9. The molecule has 0 unspecified atom stereocenters. The van der Waals surface area contributed by atoms with Gasteiger partial charge in [-0.15, -0.1) is 0 Å². The third kappa shape index (κ3) is 16.4. The van der Waals surface area contributed by atoms with Gasteiger partial charge in [-0.2, -0.15) is 0 Å². The maximum absolute atomic E-state index is 11.9. The van der Waals surface area contributed by atoms with Crippen LogP contribution < -0.4 is 9.47 Å². The SMILES string of the molecule is O=C(O)c1cc(OCCCCCCCCCCOCc2ccco2)c(C(=O)O)cc1OCCCCCCCCCCOCc1ccco1. The fourth-order valence-corrected chi connectivity index (χ4v) is 5.37. The quantitative estimate of drug-likeness (QED) is 0.0659. The van der Waals surface area contributed by atoms with E-state index in [-0.39, 0.29) is 22.6 Å². The Kier molecular flexibility index (Phi) is 19.7. The zero-order valence-electron chi connectivity index (χ0n) is 28.3. The Morgan fingerprint density at radius 1 is 0.500 bits per heavy atom. The fraction of sp³-hybridized carbons (Fsp3) is 0.579. The minimum absolute atomic E-state index is 0.0607. The van der Waals surface area contributed by atoms with E-state index in [4.69, 9.17) is 27.8 Å². The highest BCUT2D eigenvalue weighted by molar-refractivity contribution is 5.97. The summed E-state index contributed by atoms with van der Waals surface area (Å²) in [5.74, 6) is -0.538. The smallest absolute Gasteiger partial charge is 0.339 e. The number of unbranched alkanes of at least 4 members (excludes halogenated alkanes) is 14. The summed E-state index contributed by atoms with van der Waals surface area (Å²) in [4.78, 5) is 23.9. The van der Waals surface area contributed by atoms with Gasteiger partial charge in [0.2, 0.25) is 0 Å². The van der Waals surface area contributed by atoms with Crippen molar-refractivity contribution in [3.05, 3.63) is 71.6 Å². The summed E-state index contributed by atoms with van der Waals surface area (Å²) in [6.45, 7) is 3.16. The third-order valence-electron chi connectivity index (χ3n) is 8.07. The van der Waals surface area contributed by atoms with E-state index in [1.807, 2.05) is 24.3 Å². The molecule has 0 spiro atoms. The van der Waals surface area contributed by atoms with E-state index in [0.717, 1.165) is 115 Å². The van der Waals surface area contributed by atoms with E-state index in [1.54, 1.807) is 12.5 Å². The van der Waals surface area contributed by atoms with Gasteiger partial charge in [-0.3, -0.25) is 0 Å². The highest BCUT2D eigenvalue weighted by Gasteiger charge is 2.21. The Bertz CT molecular complexity index is 1150. The van der Waals surface area contributed by atoms with Gasteiger partial charge in [-0.1, -0.05) is 77.0 Å². The van der Waals surface area contributed by atoms with Gasteiger partial charge in [0.25, 0.3) is 0 Å². The molecule has 0 aliphatic rings. The van der Waals surface area contributed by atoms with E-state index in [0.29, 0.717) is 26.4 Å². The van der Waals surface area contributed by atoms with Crippen LogP contribution in [0, 0.1) is 0 Å². The zero-order chi connectivity index (χ0) is 34.1. The summed E-state index contributed by atoms with van der Waals surface area (Å²) in [6, 6.07) is 10.1. The lowest BCUT2D eigenvalue weighted by molar-refractivity contribution is 0.0672. The molecule has 3 aromatic rings. The molecule has 0 aliphatic heterocycles. The van der Waals surface area contributed by atoms with E-state index >= 15 is 0 Å². The highest BCUT2D eigenvalue weighted by Crippen LogP contribution is 2.30. The first-order chi connectivity index (χ1) is 23.5. The van der Waals surface area contributed by atoms with Crippen LogP contribution >= 0.6 is 0 Å². The largest absolute Gasteiger partial charge is 0.493 e. The first kappa shape index (κ1) is 38.7. The lowest BCUT2D eigenvalue weighted by atomic mass is 10.1.